The van der Waals surface area contributed by atoms with Gasteiger partial charge in [-0.2, -0.15) is 0 Å². The van der Waals surface area contributed by atoms with Gasteiger partial charge in [-0.25, -0.2) is 0 Å². The van der Waals surface area contributed by atoms with Crippen LogP contribution in [0, 0.1) is 10.1 Å². The fourth-order valence-corrected chi connectivity index (χ4v) is 2.17. The average molecular weight is 294 g/mol. The summed E-state index contributed by atoms with van der Waals surface area (Å²) in [5.74, 6) is 0.185. The van der Waals surface area contributed by atoms with Crippen molar-refractivity contribution >= 4 is 17.3 Å². The number of non-ortho nitro benzene ring substituents is 1. The molecule has 21 heavy (non-hydrogen) atoms. The van der Waals surface area contributed by atoms with E-state index >= 15 is 0 Å². The summed E-state index contributed by atoms with van der Waals surface area (Å²) in [5.41, 5.74) is 0.222. The minimum Gasteiger partial charge on any atom is -0.495 e. The smallest absolute Gasteiger partial charge is 0.271 e. The standard InChI is InChI=1S/C13H18N4O4/c1-21-12-3-2-10(17(19)20)8-11(12)15-13(18)9-16-6-4-14-5-7-16/h2-3,8,14H,4-7,9H2,1H3,(H,15,18). The van der Waals surface area contributed by atoms with Crippen LogP contribution < -0.4 is 15.4 Å². The Kier molecular flexibility index (Phi) is 5.07. The van der Waals surface area contributed by atoms with Gasteiger partial charge in [0.15, 0.2) is 0 Å². The van der Waals surface area contributed by atoms with Crippen LogP contribution in [-0.4, -0.2) is 55.6 Å². The first-order chi connectivity index (χ1) is 10.1. The number of carbonyl (C=O) groups is 1. The lowest BCUT2D eigenvalue weighted by atomic mass is 10.2. The van der Waals surface area contributed by atoms with Crippen LogP contribution in [0.25, 0.3) is 0 Å². The van der Waals surface area contributed by atoms with Gasteiger partial charge in [0.25, 0.3) is 5.69 Å². The van der Waals surface area contributed by atoms with Gasteiger partial charge < -0.3 is 15.4 Å². The van der Waals surface area contributed by atoms with E-state index in [0.717, 1.165) is 26.2 Å². The number of carbonyl (C=O) groups excluding carboxylic acids is 1. The van der Waals surface area contributed by atoms with Crippen molar-refractivity contribution in [2.75, 3.05) is 45.2 Å². The molecule has 2 rings (SSSR count). The van der Waals surface area contributed by atoms with E-state index in [9.17, 15) is 14.9 Å². The van der Waals surface area contributed by atoms with E-state index in [4.69, 9.17) is 4.74 Å². The van der Waals surface area contributed by atoms with E-state index in [0.29, 0.717) is 11.4 Å². The average Bonchev–Trinajstić information content (AvgIpc) is 2.48. The number of ether oxygens (including phenoxy) is 1. The van der Waals surface area contributed by atoms with Crippen molar-refractivity contribution in [3.05, 3.63) is 28.3 Å². The molecule has 1 heterocycles. The van der Waals surface area contributed by atoms with E-state index < -0.39 is 4.92 Å². The van der Waals surface area contributed by atoms with E-state index in [1.54, 1.807) is 0 Å². The molecule has 0 spiro atoms. The Bertz CT molecular complexity index is 529. The molecule has 1 aromatic carbocycles. The Hall–Kier alpha value is -2.19. The highest BCUT2D eigenvalue weighted by molar-refractivity contribution is 5.94. The fourth-order valence-electron chi connectivity index (χ4n) is 2.17. The maximum absolute atomic E-state index is 12.0. The van der Waals surface area contributed by atoms with Crippen molar-refractivity contribution in [2.45, 2.75) is 0 Å². The van der Waals surface area contributed by atoms with Gasteiger partial charge in [-0.05, 0) is 6.07 Å². The Morgan fingerprint density at radius 2 is 2.19 bits per heavy atom. The van der Waals surface area contributed by atoms with E-state index in [1.807, 2.05) is 4.90 Å². The number of nitrogens with zero attached hydrogens (tertiary/aromatic N) is 2. The summed E-state index contributed by atoms with van der Waals surface area (Å²) >= 11 is 0. The second-order valence-corrected chi connectivity index (χ2v) is 4.72. The second-order valence-electron chi connectivity index (χ2n) is 4.72. The van der Waals surface area contributed by atoms with Gasteiger partial charge in [0, 0.05) is 38.3 Å². The third kappa shape index (κ3) is 4.14. The van der Waals surface area contributed by atoms with Gasteiger partial charge in [-0.1, -0.05) is 0 Å². The van der Waals surface area contributed by atoms with Crippen molar-refractivity contribution in [1.29, 1.82) is 0 Å². The predicted octanol–water partition coefficient (Wildman–Crippen LogP) is 0.447. The summed E-state index contributed by atoms with van der Waals surface area (Å²) in [5, 5.41) is 16.7. The van der Waals surface area contributed by atoms with Crippen LogP contribution in [0.3, 0.4) is 0 Å². The molecular weight excluding hydrogens is 276 g/mol. The van der Waals surface area contributed by atoms with Crippen molar-refractivity contribution < 1.29 is 14.5 Å². The lowest BCUT2D eigenvalue weighted by Gasteiger charge is -2.26. The molecule has 8 heteroatoms. The first-order valence-corrected chi connectivity index (χ1v) is 6.65. The highest BCUT2D eigenvalue weighted by Gasteiger charge is 2.17. The molecule has 0 aromatic heterocycles. The van der Waals surface area contributed by atoms with Crippen LogP contribution >= 0.6 is 0 Å². The Morgan fingerprint density at radius 3 is 2.81 bits per heavy atom. The Balaban J connectivity index is 2.04. The number of rotatable bonds is 5. The number of benzene rings is 1. The predicted molar refractivity (Wildman–Crippen MR) is 77.6 cm³/mol. The minimum absolute atomic E-state index is 0.0896. The zero-order valence-electron chi connectivity index (χ0n) is 11.8. The zero-order chi connectivity index (χ0) is 15.2. The maximum Gasteiger partial charge on any atom is 0.271 e. The van der Waals surface area contributed by atoms with Crippen molar-refractivity contribution in [2.24, 2.45) is 0 Å². The molecule has 1 saturated heterocycles. The van der Waals surface area contributed by atoms with Gasteiger partial charge in [-0.3, -0.25) is 19.8 Å². The van der Waals surface area contributed by atoms with E-state index in [2.05, 4.69) is 10.6 Å². The lowest BCUT2D eigenvalue weighted by molar-refractivity contribution is -0.384. The van der Waals surface area contributed by atoms with E-state index in [-0.39, 0.29) is 18.1 Å². The first kappa shape index (κ1) is 15.2. The summed E-state index contributed by atoms with van der Waals surface area (Å²) < 4.78 is 5.11. The summed E-state index contributed by atoms with van der Waals surface area (Å²) in [7, 11) is 1.45. The van der Waals surface area contributed by atoms with Crippen LogP contribution in [0.5, 0.6) is 5.75 Å². The van der Waals surface area contributed by atoms with Gasteiger partial charge in [0.05, 0.1) is 24.3 Å². The molecule has 8 nitrogen and oxygen atoms in total. The monoisotopic (exact) mass is 294 g/mol. The molecule has 0 radical (unpaired) electrons. The van der Waals surface area contributed by atoms with Crippen molar-refractivity contribution in [3.63, 3.8) is 0 Å². The van der Waals surface area contributed by atoms with Gasteiger partial charge in [-0.15, -0.1) is 0 Å². The molecule has 0 aliphatic carbocycles. The fraction of sp³-hybridized carbons (Fsp3) is 0.462. The minimum atomic E-state index is -0.509. The molecule has 0 bridgehead atoms. The summed E-state index contributed by atoms with van der Waals surface area (Å²) in [6, 6.07) is 4.11. The largest absolute Gasteiger partial charge is 0.495 e. The van der Waals surface area contributed by atoms with Crippen LogP contribution in [0.4, 0.5) is 11.4 Å². The second kappa shape index (κ2) is 7.00. The zero-order valence-corrected chi connectivity index (χ0v) is 11.8. The number of anilines is 1. The molecule has 1 amide bonds. The Labute approximate surface area is 122 Å². The number of nitro benzene ring substituents is 1. The van der Waals surface area contributed by atoms with Gasteiger partial charge >= 0.3 is 0 Å². The highest BCUT2D eigenvalue weighted by Crippen LogP contribution is 2.28. The SMILES string of the molecule is COc1ccc([N+](=O)[O-])cc1NC(=O)CN1CCNCC1. The van der Waals surface area contributed by atoms with Crippen molar-refractivity contribution in [3.8, 4) is 5.75 Å². The molecule has 0 saturated carbocycles. The summed E-state index contributed by atoms with van der Waals surface area (Å²) in [4.78, 5) is 24.3. The molecule has 0 atom stereocenters. The third-order valence-electron chi connectivity index (χ3n) is 3.24. The number of hydrogen-bond donors (Lipinski definition) is 2. The third-order valence-corrected chi connectivity index (χ3v) is 3.24. The quantitative estimate of drug-likeness (QED) is 0.604. The maximum atomic E-state index is 12.0. The van der Waals surface area contributed by atoms with Crippen LogP contribution in [-0.2, 0) is 4.79 Å². The lowest BCUT2D eigenvalue weighted by Crippen LogP contribution is -2.46. The summed E-state index contributed by atoms with van der Waals surface area (Å²) in [6.45, 7) is 3.58. The number of piperazine rings is 1. The molecule has 1 fully saturated rings. The molecule has 0 unspecified atom stereocenters. The van der Waals surface area contributed by atoms with Crippen molar-refractivity contribution in [1.82, 2.24) is 10.2 Å². The molecule has 1 aromatic rings. The van der Waals surface area contributed by atoms with Gasteiger partial charge in [0.1, 0.15) is 5.75 Å². The van der Waals surface area contributed by atoms with E-state index in [1.165, 1.54) is 25.3 Å². The molecule has 114 valence electrons. The topological polar surface area (TPSA) is 96.7 Å². The molecular formula is C13H18N4O4. The number of nitrogens with one attached hydrogen (secondary N) is 2. The van der Waals surface area contributed by atoms with Crippen LogP contribution in [0.1, 0.15) is 0 Å². The highest BCUT2D eigenvalue weighted by atomic mass is 16.6. The van der Waals surface area contributed by atoms with Crippen LogP contribution in [0.2, 0.25) is 0 Å². The number of amides is 1. The van der Waals surface area contributed by atoms with Crippen LogP contribution in [0.15, 0.2) is 18.2 Å². The summed E-state index contributed by atoms with van der Waals surface area (Å²) in [6.07, 6.45) is 0. The van der Waals surface area contributed by atoms with Gasteiger partial charge in [0.2, 0.25) is 5.91 Å². The Morgan fingerprint density at radius 1 is 1.48 bits per heavy atom. The number of hydrogen-bond acceptors (Lipinski definition) is 6. The number of nitro groups is 1. The molecule has 2 N–H and O–H groups in total. The number of methoxy groups -OCH3 is 1. The first-order valence-electron chi connectivity index (χ1n) is 6.65. The molecule has 1 aliphatic heterocycles. The normalized spacial score (nSPS) is 15.5. The molecule has 1 aliphatic rings.